The van der Waals surface area contributed by atoms with Gasteiger partial charge >= 0.3 is 0 Å². The van der Waals surface area contributed by atoms with E-state index in [1.807, 2.05) is 24.3 Å². The first-order valence-corrected chi connectivity index (χ1v) is 10.9. The van der Waals surface area contributed by atoms with Crippen molar-refractivity contribution in [3.8, 4) is 5.88 Å². The average molecular weight is 417 g/mol. The van der Waals surface area contributed by atoms with Crippen LogP contribution < -0.4 is 10.1 Å². The molecule has 0 bridgehead atoms. The number of rotatable bonds is 6. The van der Waals surface area contributed by atoms with E-state index in [2.05, 4.69) is 20.2 Å². The molecule has 2 unspecified atom stereocenters. The molecule has 2 aromatic rings. The Balaban J connectivity index is 1.27. The van der Waals surface area contributed by atoms with Crippen LogP contribution in [0, 0.1) is 0 Å². The van der Waals surface area contributed by atoms with E-state index >= 15 is 0 Å². The van der Waals surface area contributed by atoms with Crippen molar-refractivity contribution in [2.75, 3.05) is 18.4 Å². The molecule has 1 saturated heterocycles. The van der Waals surface area contributed by atoms with Gasteiger partial charge in [0.15, 0.2) is 0 Å². The quantitative estimate of drug-likeness (QED) is 0.744. The van der Waals surface area contributed by atoms with Crippen LogP contribution >= 0.6 is 11.6 Å². The fraction of sp³-hybridized carbons (Fsp3) is 0.545. The molecule has 0 radical (unpaired) electrons. The Kier molecular flexibility index (Phi) is 6.85. The first-order valence-electron chi connectivity index (χ1n) is 10.6. The number of aromatic nitrogens is 2. The number of halogens is 1. The Morgan fingerprint density at radius 1 is 1.14 bits per heavy atom. The summed E-state index contributed by atoms with van der Waals surface area (Å²) in [5, 5.41) is 14.5. The minimum Gasteiger partial charge on any atom is -0.472 e. The Labute approximate surface area is 177 Å². The van der Waals surface area contributed by atoms with Crippen molar-refractivity contribution in [3.63, 3.8) is 0 Å². The van der Waals surface area contributed by atoms with Crippen LogP contribution in [0.4, 0.5) is 5.82 Å². The minimum absolute atomic E-state index is 0.160. The zero-order valence-corrected chi connectivity index (χ0v) is 17.4. The standard InChI is InChI=1S/C22H29ClN4O2/c23-17-5-3-4-16(12-17)15-29-22-14-24-13-21(26-22)25-18-8-10-27(11-9-18)19-6-1-2-7-20(19)28/h3-5,12-14,18-20,28H,1-2,6-11,15H2,(H,25,26). The Morgan fingerprint density at radius 2 is 1.97 bits per heavy atom. The van der Waals surface area contributed by atoms with Crippen LogP contribution in [0.2, 0.25) is 5.02 Å². The van der Waals surface area contributed by atoms with E-state index in [4.69, 9.17) is 16.3 Å². The molecule has 2 atom stereocenters. The molecule has 1 aromatic heterocycles. The molecule has 0 amide bonds. The van der Waals surface area contributed by atoms with Crippen molar-refractivity contribution >= 4 is 17.4 Å². The van der Waals surface area contributed by atoms with Crippen LogP contribution in [0.5, 0.6) is 5.88 Å². The number of aliphatic hydroxyl groups is 1. The van der Waals surface area contributed by atoms with Crippen LogP contribution in [0.15, 0.2) is 36.7 Å². The minimum atomic E-state index is -0.160. The molecule has 1 aliphatic heterocycles. The normalized spacial score (nSPS) is 23.7. The van der Waals surface area contributed by atoms with Crippen molar-refractivity contribution in [2.45, 2.75) is 63.3 Å². The largest absolute Gasteiger partial charge is 0.472 e. The summed E-state index contributed by atoms with van der Waals surface area (Å²) < 4.78 is 5.78. The predicted molar refractivity (Wildman–Crippen MR) is 114 cm³/mol. The summed E-state index contributed by atoms with van der Waals surface area (Å²) in [6.45, 7) is 2.43. The van der Waals surface area contributed by atoms with Crippen molar-refractivity contribution in [1.29, 1.82) is 0 Å². The lowest BCUT2D eigenvalue weighted by atomic mass is 9.89. The number of aliphatic hydroxyl groups excluding tert-OH is 1. The fourth-order valence-electron chi connectivity index (χ4n) is 4.37. The Hall–Kier alpha value is -1.89. The maximum Gasteiger partial charge on any atom is 0.234 e. The maximum absolute atomic E-state index is 10.3. The van der Waals surface area contributed by atoms with E-state index in [0.29, 0.717) is 29.6 Å². The summed E-state index contributed by atoms with van der Waals surface area (Å²) in [5.41, 5.74) is 0.995. The van der Waals surface area contributed by atoms with E-state index in [-0.39, 0.29) is 6.10 Å². The van der Waals surface area contributed by atoms with Crippen molar-refractivity contribution in [1.82, 2.24) is 14.9 Å². The molecular weight excluding hydrogens is 388 g/mol. The SMILES string of the molecule is OC1CCCCC1N1CCC(Nc2cncc(OCc3cccc(Cl)c3)n2)CC1. The summed E-state index contributed by atoms with van der Waals surface area (Å²) in [7, 11) is 0. The first-order chi connectivity index (χ1) is 14.2. The molecule has 29 heavy (non-hydrogen) atoms. The van der Waals surface area contributed by atoms with Gasteiger partial charge in [0, 0.05) is 30.2 Å². The van der Waals surface area contributed by atoms with E-state index in [1.54, 1.807) is 12.4 Å². The molecule has 1 aliphatic carbocycles. The highest BCUT2D eigenvalue weighted by molar-refractivity contribution is 6.30. The van der Waals surface area contributed by atoms with E-state index in [1.165, 1.54) is 6.42 Å². The zero-order chi connectivity index (χ0) is 20.1. The number of benzene rings is 1. The molecule has 7 heteroatoms. The van der Waals surface area contributed by atoms with Gasteiger partial charge < -0.3 is 15.2 Å². The maximum atomic E-state index is 10.3. The molecule has 2 fully saturated rings. The molecule has 156 valence electrons. The monoisotopic (exact) mass is 416 g/mol. The Bertz CT molecular complexity index is 798. The summed E-state index contributed by atoms with van der Waals surface area (Å²) in [6.07, 6.45) is 9.75. The number of nitrogens with one attached hydrogen (secondary N) is 1. The average Bonchev–Trinajstić information content (AvgIpc) is 2.74. The second-order valence-electron chi connectivity index (χ2n) is 8.03. The van der Waals surface area contributed by atoms with Gasteiger partial charge in [-0.3, -0.25) is 9.88 Å². The van der Waals surface area contributed by atoms with Gasteiger partial charge in [-0.25, -0.2) is 0 Å². The summed E-state index contributed by atoms with van der Waals surface area (Å²) in [4.78, 5) is 11.3. The van der Waals surface area contributed by atoms with Gasteiger partial charge in [0.2, 0.25) is 5.88 Å². The summed E-state index contributed by atoms with van der Waals surface area (Å²) >= 11 is 6.02. The number of nitrogens with zero attached hydrogens (tertiary/aromatic N) is 3. The third-order valence-electron chi connectivity index (χ3n) is 5.93. The zero-order valence-electron chi connectivity index (χ0n) is 16.6. The number of piperidine rings is 1. The molecule has 2 aliphatic rings. The Morgan fingerprint density at radius 3 is 2.76 bits per heavy atom. The van der Waals surface area contributed by atoms with Gasteiger partial charge in [-0.05, 0) is 43.4 Å². The molecule has 2 heterocycles. The highest BCUT2D eigenvalue weighted by Gasteiger charge is 2.31. The smallest absolute Gasteiger partial charge is 0.234 e. The van der Waals surface area contributed by atoms with E-state index in [0.717, 1.165) is 56.6 Å². The highest BCUT2D eigenvalue weighted by atomic mass is 35.5. The number of hydrogen-bond acceptors (Lipinski definition) is 6. The summed E-state index contributed by atoms with van der Waals surface area (Å²) in [5.74, 6) is 1.24. The van der Waals surface area contributed by atoms with Crippen LogP contribution in [0.1, 0.15) is 44.1 Å². The van der Waals surface area contributed by atoms with Gasteiger partial charge in [0.25, 0.3) is 0 Å². The summed E-state index contributed by atoms with van der Waals surface area (Å²) in [6, 6.07) is 8.31. The lowest BCUT2D eigenvalue weighted by molar-refractivity contribution is 0.00992. The molecule has 1 saturated carbocycles. The molecular formula is C22H29ClN4O2. The lowest BCUT2D eigenvalue weighted by Crippen LogP contribution is -2.50. The number of anilines is 1. The third-order valence-corrected chi connectivity index (χ3v) is 6.17. The van der Waals surface area contributed by atoms with Gasteiger partial charge in [0.05, 0.1) is 18.5 Å². The third kappa shape index (κ3) is 5.59. The second kappa shape index (κ2) is 9.74. The predicted octanol–water partition coefficient (Wildman–Crippen LogP) is 3.89. The number of ether oxygens (including phenoxy) is 1. The van der Waals surface area contributed by atoms with Crippen LogP contribution in [0.25, 0.3) is 0 Å². The first kappa shape index (κ1) is 20.4. The van der Waals surface area contributed by atoms with Crippen LogP contribution in [-0.4, -0.2) is 51.3 Å². The van der Waals surface area contributed by atoms with Gasteiger partial charge in [-0.1, -0.05) is 36.6 Å². The molecule has 0 spiro atoms. The van der Waals surface area contributed by atoms with Crippen molar-refractivity contribution < 1.29 is 9.84 Å². The van der Waals surface area contributed by atoms with E-state index in [9.17, 15) is 5.11 Å². The van der Waals surface area contributed by atoms with E-state index < -0.39 is 0 Å². The second-order valence-corrected chi connectivity index (χ2v) is 8.47. The van der Waals surface area contributed by atoms with Crippen LogP contribution in [0.3, 0.4) is 0 Å². The highest BCUT2D eigenvalue weighted by Crippen LogP contribution is 2.26. The number of hydrogen-bond donors (Lipinski definition) is 2. The van der Waals surface area contributed by atoms with Crippen LogP contribution in [-0.2, 0) is 6.61 Å². The van der Waals surface area contributed by atoms with Gasteiger partial charge in [-0.15, -0.1) is 0 Å². The fourth-order valence-corrected chi connectivity index (χ4v) is 4.59. The topological polar surface area (TPSA) is 70.5 Å². The van der Waals surface area contributed by atoms with Crippen molar-refractivity contribution in [3.05, 3.63) is 47.2 Å². The number of likely N-dealkylation sites (tertiary alicyclic amines) is 1. The van der Waals surface area contributed by atoms with Gasteiger partial charge in [-0.2, -0.15) is 4.98 Å². The molecule has 6 nitrogen and oxygen atoms in total. The van der Waals surface area contributed by atoms with Crippen molar-refractivity contribution in [2.24, 2.45) is 0 Å². The molecule has 2 N–H and O–H groups in total. The molecule has 1 aromatic carbocycles. The van der Waals surface area contributed by atoms with Gasteiger partial charge in [0.1, 0.15) is 12.4 Å². The lowest BCUT2D eigenvalue weighted by Gasteiger charge is -2.41. The molecule has 4 rings (SSSR count).